The van der Waals surface area contributed by atoms with Gasteiger partial charge in [0.25, 0.3) is 6.43 Å². The van der Waals surface area contributed by atoms with Gasteiger partial charge in [-0.25, -0.2) is 18.0 Å². The molecule has 2 atom stereocenters. The molecule has 0 aromatic carbocycles. The van der Waals surface area contributed by atoms with Gasteiger partial charge < -0.3 is 4.74 Å². The SMILES string of the molecule is C=C(C)C(=O)OCC(I)CC(F)C(F)F. The fourth-order valence-electron chi connectivity index (χ4n) is 0.705. The van der Waals surface area contributed by atoms with Crippen LogP contribution in [0.15, 0.2) is 12.2 Å². The summed E-state index contributed by atoms with van der Waals surface area (Å²) in [4.78, 5) is 10.9. The zero-order valence-electron chi connectivity index (χ0n) is 8.18. The highest BCUT2D eigenvalue weighted by atomic mass is 127. The number of halogens is 4. The number of ether oxygens (including phenoxy) is 1. The molecule has 0 aliphatic rings. The first kappa shape index (κ1) is 14.7. The van der Waals surface area contributed by atoms with Crippen molar-refractivity contribution in [2.45, 2.75) is 29.9 Å². The van der Waals surface area contributed by atoms with E-state index in [1.165, 1.54) is 6.92 Å². The molecule has 0 radical (unpaired) electrons. The third kappa shape index (κ3) is 6.75. The molecule has 0 amide bonds. The Labute approximate surface area is 100 Å². The molecule has 6 heteroatoms. The van der Waals surface area contributed by atoms with E-state index in [0.29, 0.717) is 0 Å². The van der Waals surface area contributed by atoms with Gasteiger partial charge in [0.15, 0.2) is 6.17 Å². The lowest BCUT2D eigenvalue weighted by atomic mass is 10.2. The van der Waals surface area contributed by atoms with Crippen LogP contribution in [-0.4, -0.2) is 29.1 Å². The predicted octanol–water partition coefficient (Wildman–Crippen LogP) is 2.90. The van der Waals surface area contributed by atoms with Gasteiger partial charge in [0.05, 0.1) is 0 Å². The quantitative estimate of drug-likeness (QED) is 0.323. The fraction of sp³-hybridized carbons (Fsp3) is 0.667. The number of carbonyl (C=O) groups excluding carboxylic acids is 1. The molecule has 0 aromatic heterocycles. The van der Waals surface area contributed by atoms with Crippen LogP contribution in [0.2, 0.25) is 0 Å². The lowest BCUT2D eigenvalue weighted by Crippen LogP contribution is -2.21. The van der Waals surface area contributed by atoms with Gasteiger partial charge >= 0.3 is 5.97 Å². The van der Waals surface area contributed by atoms with Crippen LogP contribution in [0.3, 0.4) is 0 Å². The van der Waals surface area contributed by atoms with E-state index in [2.05, 4.69) is 11.3 Å². The maximum atomic E-state index is 12.5. The molecule has 0 N–H and O–H groups in total. The van der Waals surface area contributed by atoms with E-state index in [0.717, 1.165) is 0 Å². The van der Waals surface area contributed by atoms with E-state index in [1.807, 2.05) is 0 Å². The van der Waals surface area contributed by atoms with Crippen molar-refractivity contribution < 1.29 is 22.7 Å². The second kappa shape index (κ2) is 7.08. The Kier molecular flexibility index (Phi) is 6.95. The molecule has 0 rings (SSSR count). The lowest BCUT2D eigenvalue weighted by Gasteiger charge is -2.13. The first-order valence-electron chi connectivity index (χ1n) is 4.23. The Balaban J connectivity index is 3.80. The molecule has 0 aromatic rings. The standard InChI is InChI=1S/C9H12F3IO2/c1-5(2)9(14)15-4-6(13)3-7(10)8(11)12/h6-8H,1,3-4H2,2H3. The maximum Gasteiger partial charge on any atom is 0.333 e. The third-order valence-electron chi connectivity index (χ3n) is 1.50. The van der Waals surface area contributed by atoms with Gasteiger partial charge in [0.2, 0.25) is 0 Å². The van der Waals surface area contributed by atoms with Gasteiger partial charge in [0.1, 0.15) is 6.61 Å². The molecule has 2 unspecified atom stereocenters. The van der Waals surface area contributed by atoms with Gasteiger partial charge in [-0.2, -0.15) is 0 Å². The minimum atomic E-state index is -2.99. The fourth-order valence-corrected chi connectivity index (χ4v) is 1.37. The molecule has 0 aliphatic carbocycles. The molecule has 15 heavy (non-hydrogen) atoms. The average molecular weight is 336 g/mol. The number of hydrogen-bond acceptors (Lipinski definition) is 2. The predicted molar refractivity (Wildman–Crippen MR) is 59.1 cm³/mol. The second-order valence-electron chi connectivity index (χ2n) is 3.06. The van der Waals surface area contributed by atoms with Crippen LogP contribution in [0.4, 0.5) is 13.2 Å². The molecule has 88 valence electrons. The minimum absolute atomic E-state index is 0.0839. The summed E-state index contributed by atoms with van der Waals surface area (Å²) in [5, 5.41) is 0. The highest BCUT2D eigenvalue weighted by Gasteiger charge is 2.23. The Morgan fingerprint density at radius 2 is 2.00 bits per heavy atom. The molecule has 0 saturated heterocycles. The Morgan fingerprint density at radius 3 is 2.40 bits per heavy atom. The third-order valence-corrected chi connectivity index (χ3v) is 2.37. The molecule has 0 fully saturated rings. The van der Waals surface area contributed by atoms with Crippen molar-refractivity contribution in [3.8, 4) is 0 Å². The molecule has 0 saturated carbocycles. The van der Waals surface area contributed by atoms with E-state index in [1.54, 1.807) is 22.6 Å². The number of hydrogen-bond donors (Lipinski definition) is 0. The first-order valence-corrected chi connectivity index (χ1v) is 5.48. The summed E-state index contributed by atoms with van der Waals surface area (Å²) in [6.45, 7) is 4.74. The molecule has 0 spiro atoms. The van der Waals surface area contributed by atoms with Crippen molar-refractivity contribution in [1.82, 2.24) is 0 Å². The summed E-state index contributed by atoms with van der Waals surface area (Å²) in [5.41, 5.74) is 0.226. The molecule has 0 bridgehead atoms. The van der Waals surface area contributed by atoms with Crippen LogP contribution in [0.25, 0.3) is 0 Å². The summed E-state index contributed by atoms with van der Waals surface area (Å²) in [5.74, 6) is -0.593. The van der Waals surface area contributed by atoms with Crippen LogP contribution in [-0.2, 0) is 9.53 Å². The highest BCUT2D eigenvalue weighted by Crippen LogP contribution is 2.17. The van der Waals surface area contributed by atoms with E-state index in [4.69, 9.17) is 0 Å². The number of alkyl halides is 4. The van der Waals surface area contributed by atoms with Crippen LogP contribution in [0, 0.1) is 0 Å². The Morgan fingerprint density at radius 1 is 1.47 bits per heavy atom. The topological polar surface area (TPSA) is 26.3 Å². The van der Waals surface area contributed by atoms with Gasteiger partial charge in [-0.1, -0.05) is 29.2 Å². The summed E-state index contributed by atoms with van der Waals surface area (Å²) < 4.78 is 40.4. The monoisotopic (exact) mass is 336 g/mol. The molecule has 2 nitrogen and oxygen atoms in total. The van der Waals surface area contributed by atoms with Crippen molar-refractivity contribution >= 4 is 28.6 Å². The summed E-state index contributed by atoms with van der Waals surface area (Å²) >= 11 is 1.77. The van der Waals surface area contributed by atoms with Crippen LogP contribution in [0.1, 0.15) is 13.3 Å². The van der Waals surface area contributed by atoms with Gasteiger partial charge in [-0.05, 0) is 13.3 Å². The van der Waals surface area contributed by atoms with E-state index in [9.17, 15) is 18.0 Å². The van der Waals surface area contributed by atoms with Crippen LogP contribution >= 0.6 is 22.6 Å². The van der Waals surface area contributed by atoms with Crippen molar-refractivity contribution in [3.05, 3.63) is 12.2 Å². The first-order chi connectivity index (χ1) is 6.84. The molecule has 0 heterocycles. The molecular weight excluding hydrogens is 324 g/mol. The summed E-state index contributed by atoms with van der Waals surface area (Å²) in [6.07, 6.45) is -5.49. The van der Waals surface area contributed by atoms with Gasteiger partial charge in [-0.3, -0.25) is 0 Å². The lowest BCUT2D eigenvalue weighted by molar-refractivity contribution is -0.138. The maximum absolute atomic E-state index is 12.5. The van der Waals surface area contributed by atoms with Crippen molar-refractivity contribution in [1.29, 1.82) is 0 Å². The van der Waals surface area contributed by atoms with Crippen LogP contribution in [0.5, 0.6) is 0 Å². The average Bonchev–Trinajstić information content (AvgIpc) is 2.13. The second-order valence-corrected chi connectivity index (χ2v) is 4.82. The Bertz CT molecular complexity index is 233. The molecule has 0 aliphatic heterocycles. The van der Waals surface area contributed by atoms with Crippen molar-refractivity contribution in [2.75, 3.05) is 6.61 Å². The minimum Gasteiger partial charge on any atom is -0.461 e. The number of rotatable bonds is 6. The smallest absolute Gasteiger partial charge is 0.333 e. The van der Waals surface area contributed by atoms with E-state index in [-0.39, 0.29) is 18.6 Å². The number of esters is 1. The van der Waals surface area contributed by atoms with E-state index >= 15 is 0 Å². The number of carbonyl (C=O) groups is 1. The molecular formula is C9H12F3IO2. The summed E-state index contributed by atoms with van der Waals surface area (Å²) in [7, 11) is 0. The Hall–Kier alpha value is -0.270. The van der Waals surface area contributed by atoms with Crippen molar-refractivity contribution in [2.24, 2.45) is 0 Å². The summed E-state index contributed by atoms with van der Waals surface area (Å²) in [6, 6.07) is 0. The highest BCUT2D eigenvalue weighted by molar-refractivity contribution is 14.1. The van der Waals surface area contributed by atoms with E-state index < -0.39 is 22.5 Å². The van der Waals surface area contributed by atoms with Crippen LogP contribution < -0.4 is 0 Å². The van der Waals surface area contributed by atoms with Crippen molar-refractivity contribution in [3.63, 3.8) is 0 Å². The normalized spacial score (nSPS) is 14.8. The zero-order valence-corrected chi connectivity index (χ0v) is 10.3. The largest absolute Gasteiger partial charge is 0.461 e. The zero-order chi connectivity index (χ0) is 12.0. The van der Waals surface area contributed by atoms with Gasteiger partial charge in [-0.15, -0.1) is 0 Å². The van der Waals surface area contributed by atoms with Gasteiger partial charge in [0, 0.05) is 9.50 Å².